The second kappa shape index (κ2) is 5.28. The maximum Gasteiger partial charge on any atom is 0.254 e. The van der Waals surface area contributed by atoms with Crippen molar-refractivity contribution in [2.45, 2.75) is 46.0 Å². The first-order chi connectivity index (χ1) is 9.15. The van der Waals surface area contributed by atoms with E-state index in [2.05, 4.69) is 24.1 Å². The van der Waals surface area contributed by atoms with Gasteiger partial charge in [0.25, 0.3) is 5.91 Å². The SMILES string of the molecule is CC1CCN(C(=O)c2csc3c2CC[C@@H](C)C3)CC1. The Labute approximate surface area is 119 Å². The number of thiophene rings is 1. The largest absolute Gasteiger partial charge is 0.339 e. The van der Waals surface area contributed by atoms with Gasteiger partial charge in [-0.05, 0) is 49.5 Å². The third kappa shape index (κ3) is 2.58. The summed E-state index contributed by atoms with van der Waals surface area (Å²) in [5.41, 5.74) is 2.38. The van der Waals surface area contributed by atoms with E-state index in [1.165, 1.54) is 23.3 Å². The number of hydrogen-bond donors (Lipinski definition) is 0. The van der Waals surface area contributed by atoms with Crippen LogP contribution in [0.1, 0.15) is 53.9 Å². The number of carbonyl (C=O) groups excluding carboxylic acids is 1. The number of hydrogen-bond acceptors (Lipinski definition) is 2. The molecule has 2 aliphatic rings. The van der Waals surface area contributed by atoms with Crippen LogP contribution in [0.4, 0.5) is 0 Å². The summed E-state index contributed by atoms with van der Waals surface area (Å²) in [4.78, 5) is 16.2. The van der Waals surface area contributed by atoms with Gasteiger partial charge in [0.15, 0.2) is 0 Å². The fraction of sp³-hybridized carbons (Fsp3) is 0.688. The van der Waals surface area contributed by atoms with Gasteiger partial charge in [0.1, 0.15) is 0 Å². The van der Waals surface area contributed by atoms with E-state index in [0.29, 0.717) is 5.91 Å². The predicted molar refractivity (Wildman–Crippen MR) is 79.8 cm³/mol. The van der Waals surface area contributed by atoms with E-state index in [9.17, 15) is 4.79 Å². The fourth-order valence-corrected chi connectivity index (χ4v) is 4.48. The van der Waals surface area contributed by atoms with Crippen LogP contribution in [0.25, 0.3) is 0 Å². The van der Waals surface area contributed by atoms with Crippen molar-refractivity contribution in [2.24, 2.45) is 11.8 Å². The van der Waals surface area contributed by atoms with E-state index in [1.54, 1.807) is 11.3 Å². The van der Waals surface area contributed by atoms with Gasteiger partial charge < -0.3 is 4.90 Å². The third-order valence-electron chi connectivity index (χ3n) is 4.70. The van der Waals surface area contributed by atoms with Crippen LogP contribution >= 0.6 is 11.3 Å². The highest BCUT2D eigenvalue weighted by Crippen LogP contribution is 2.33. The molecule has 0 unspecified atom stereocenters. The average Bonchev–Trinajstić information content (AvgIpc) is 2.81. The van der Waals surface area contributed by atoms with Crippen LogP contribution in [-0.4, -0.2) is 23.9 Å². The molecule has 1 aliphatic carbocycles. The lowest BCUT2D eigenvalue weighted by atomic mass is 9.88. The highest BCUT2D eigenvalue weighted by atomic mass is 32.1. The first-order valence-electron chi connectivity index (χ1n) is 7.53. The van der Waals surface area contributed by atoms with Gasteiger partial charge in [-0.3, -0.25) is 4.79 Å². The summed E-state index contributed by atoms with van der Waals surface area (Å²) in [6, 6.07) is 0. The zero-order valence-corrected chi connectivity index (χ0v) is 12.8. The fourth-order valence-electron chi connectivity index (χ4n) is 3.24. The first-order valence-corrected chi connectivity index (χ1v) is 8.41. The summed E-state index contributed by atoms with van der Waals surface area (Å²) < 4.78 is 0. The minimum Gasteiger partial charge on any atom is -0.339 e. The van der Waals surface area contributed by atoms with Crippen molar-refractivity contribution in [1.82, 2.24) is 4.90 Å². The smallest absolute Gasteiger partial charge is 0.254 e. The topological polar surface area (TPSA) is 20.3 Å². The van der Waals surface area contributed by atoms with Gasteiger partial charge in [0, 0.05) is 23.3 Å². The second-order valence-electron chi connectivity index (χ2n) is 6.37. The molecule has 19 heavy (non-hydrogen) atoms. The van der Waals surface area contributed by atoms with E-state index in [0.717, 1.165) is 49.8 Å². The van der Waals surface area contributed by atoms with Crippen LogP contribution in [0.5, 0.6) is 0 Å². The van der Waals surface area contributed by atoms with Crippen LogP contribution in [0.3, 0.4) is 0 Å². The Morgan fingerprint density at radius 1 is 1.21 bits per heavy atom. The normalized spacial score (nSPS) is 24.3. The van der Waals surface area contributed by atoms with Gasteiger partial charge in [0.2, 0.25) is 0 Å². The summed E-state index contributed by atoms with van der Waals surface area (Å²) in [6.07, 6.45) is 5.83. The van der Waals surface area contributed by atoms with Crippen molar-refractivity contribution in [3.63, 3.8) is 0 Å². The van der Waals surface area contributed by atoms with E-state index in [1.807, 2.05) is 0 Å². The molecule has 1 aromatic rings. The Bertz CT molecular complexity index is 471. The Hall–Kier alpha value is -0.830. The zero-order chi connectivity index (χ0) is 13.4. The molecule has 0 saturated carbocycles. The molecule has 1 fully saturated rings. The molecule has 1 amide bonds. The van der Waals surface area contributed by atoms with Crippen molar-refractivity contribution in [2.75, 3.05) is 13.1 Å². The Morgan fingerprint density at radius 3 is 2.68 bits per heavy atom. The minimum atomic E-state index is 0.291. The number of nitrogens with zero attached hydrogens (tertiary/aromatic N) is 1. The van der Waals surface area contributed by atoms with Crippen LogP contribution in [0.15, 0.2) is 5.38 Å². The van der Waals surface area contributed by atoms with Crippen molar-refractivity contribution in [3.8, 4) is 0 Å². The highest BCUT2D eigenvalue weighted by molar-refractivity contribution is 7.10. The maximum absolute atomic E-state index is 12.7. The summed E-state index contributed by atoms with van der Waals surface area (Å²) in [5.74, 6) is 1.85. The Balaban J connectivity index is 1.77. The van der Waals surface area contributed by atoms with Crippen LogP contribution in [-0.2, 0) is 12.8 Å². The van der Waals surface area contributed by atoms with Gasteiger partial charge >= 0.3 is 0 Å². The quantitative estimate of drug-likeness (QED) is 0.765. The zero-order valence-electron chi connectivity index (χ0n) is 11.9. The highest BCUT2D eigenvalue weighted by Gasteiger charge is 2.27. The van der Waals surface area contributed by atoms with Gasteiger partial charge in [-0.2, -0.15) is 0 Å². The standard InChI is InChI=1S/C16H23NOS/c1-11-5-7-17(8-6-11)16(18)14-10-19-15-9-12(2)3-4-13(14)15/h10-12H,3-9H2,1-2H3/t12-/m1/s1. The molecule has 3 heteroatoms. The van der Waals surface area contributed by atoms with Gasteiger partial charge in [-0.25, -0.2) is 0 Å². The lowest BCUT2D eigenvalue weighted by Crippen LogP contribution is -2.38. The molecular weight excluding hydrogens is 254 g/mol. The molecule has 0 aromatic carbocycles. The number of rotatable bonds is 1. The molecule has 0 spiro atoms. The number of fused-ring (bicyclic) bond motifs is 1. The Kier molecular flexibility index (Phi) is 3.66. The molecule has 1 aromatic heterocycles. The van der Waals surface area contributed by atoms with Crippen LogP contribution in [0, 0.1) is 11.8 Å². The predicted octanol–water partition coefficient (Wildman–Crippen LogP) is 3.75. The summed E-state index contributed by atoms with van der Waals surface area (Å²) in [6.45, 7) is 6.49. The van der Waals surface area contributed by atoms with Gasteiger partial charge in [-0.15, -0.1) is 11.3 Å². The molecule has 1 saturated heterocycles. The molecule has 0 radical (unpaired) electrons. The first kappa shape index (κ1) is 13.2. The lowest BCUT2D eigenvalue weighted by molar-refractivity contribution is 0.0696. The molecular formula is C16H23NOS. The molecule has 1 aliphatic heterocycles. The summed E-state index contributed by atoms with van der Waals surface area (Å²) in [5, 5.41) is 2.11. The number of likely N-dealkylation sites (tertiary alicyclic amines) is 1. The molecule has 0 bridgehead atoms. The van der Waals surface area contributed by atoms with Gasteiger partial charge in [0.05, 0.1) is 5.56 Å². The lowest BCUT2D eigenvalue weighted by Gasteiger charge is -2.30. The monoisotopic (exact) mass is 277 g/mol. The average molecular weight is 277 g/mol. The number of carbonyl (C=O) groups is 1. The molecule has 1 atom stereocenters. The summed E-state index contributed by atoms with van der Waals surface area (Å²) >= 11 is 1.80. The van der Waals surface area contributed by atoms with E-state index < -0.39 is 0 Å². The second-order valence-corrected chi connectivity index (χ2v) is 7.34. The van der Waals surface area contributed by atoms with E-state index >= 15 is 0 Å². The minimum absolute atomic E-state index is 0.291. The molecule has 0 N–H and O–H groups in total. The van der Waals surface area contributed by atoms with Crippen molar-refractivity contribution in [1.29, 1.82) is 0 Å². The molecule has 3 rings (SSSR count). The van der Waals surface area contributed by atoms with Gasteiger partial charge in [-0.1, -0.05) is 13.8 Å². The third-order valence-corrected chi connectivity index (χ3v) is 5.75. The van der Waals surface area contributed by atoms with Crippen LogP contribution < -0.4 is 0 Å². The van der Waals surface area contributed by atoms with E-state index in [4.69, 9.17) is 0 Å². The molecule has 104 valence electrons. The number of amides is 1. The van der Waals surface area contributed by atoms with Crippen molar-refractivity contribution in [3.05, 3.63) is 21.4 Å². The Morgan fingerprint density at radius 2 is 1.95 bits per heavy atom. The number of piperidine rings is 1. The summed E-state index contributed by atoms with van der Waals surface area (Å²) in [7, 11) is 0. The maximum atomic E-state index is 12.7. The molecule has 2 heterocycles. The van der Waals surface area contributed by atoms with Crippen molar-refractivity contribution >= 4 is 17.2 Å². The van der Waals surface area contributed by atoms with Crippen LogP contribution in [0.2, 0.25) is 0 Å². The van der Waals surface area contributed by atoms with Crippen molar-refractivity contribution < 1.29 is 4.79 Å². The molecule has 2 nitrogen and oxygen atoms in total. The van der Waals surface area contributed by atoms with E-state index in [-0.39, 0.29) is 0 Å².